The Labute approximate surface area is 110 Å². The normalized spacial score (nSPS) is 23.3. The van der Waals surface area contributed by atoms with Crippen molar-refractivity contribution in [3.05, 3.63) is 12.2 Å². The second-order valence-electron chi connectivity index (χ2n) is 4.89. The Balaban J connectivity index is 2.32. The number of cyclic esters (lactones) is 2. The zero-order chi connectivity index (χ0) is 13.1. The molecule has 1 rings (SSSR count). The van der Waals surface area contributed by atoms with Crippen LogP contribution in [0.1, 0.15) is 70.6 Å². The number of esters is 2. The van der Waals surface area contributed by atoms with Gasteiger partial charge in [0, 0.05) is 6.42 Å². The molecule has 102 valence electrons. The quantitative estimate of drug-likeness (QED) is 0.373. The predicted molar refractivity (Wildman–Crippen MR) is 71.0 cm³/mol. The number of carbonyl (C=O) groups excluding carboxylic acids is 2. The highest BCUT2D eigenvalue weighted by atomic mass is 16.6. The van der Waals surface area contributed by atoms with Crippen LogP contribution in [0.4, 0.5) is 0 Å². The molecule has 0 amide bonds. The molecule has 1 aliphatic rings. The monoisotopic (exact) mass is 252 g/mol. The van der Waals surface area contributed by atoms with Crippen LogP contribution in [0, 0.1) is 0 Å². The fraction of sp³-hybridized carbons (Fsp3) is 0.733. The largest absolute Gasteiger partial charge is 0.393 e. The molecule has 0 saturated carbocycles. The van der Waals surface area contributed by atoms with Gasteiger partial charge in [0.05, 0.1) is 6.42 Å². The van der Waals surface area contributed by atoms with Gasteiger partial charge in [-0.15, -0.1) is 0 Å². The van der Waals surface area contributed by atoms with Gasteiger partial charge in [0.2, 0.25) is 0 Å². The van der Waals surface area contributed by atoms with E-state index in [1.54, 1.807) is 0 Å². The highest BCUT2D eigenvalue weighted by molar-refractivity contribution is 5.86. The molecule has 0 fully saturated rings. The molecule has 0 spiro atoms. The van der Waals surface area contributed by atoms with Gasteiger partial charge in [-0.2, -0.15) is 0 Å². The standard InChI is InChI=1S/C15H24O3/c16-14-12-10-8-6-4-2-1-3-5-7-9-11-13-15(17)18-14/h8,10H,1-7,9,11-13H2/b10-8-. The number of hydrogen-bond acceptors (Lipinski definition) is 3. The first kappa shape index (κ1) is 14.9. The minimum Gasteiger partial charge on any atom is -0.393 e. The summed E-state index contributed by atoms with van der Waals surface area (Å²) < 4.78 is 4.72. The SMILES string of the molecule is O=C1C/C=C\CCCCCCCCCCC(=O)O1. The van der Waals surface area contributed by atoms with E-state index in [4.69, 9.17) is 4.74 Å². The Morgan fingerprint density at radius 1 is 0.722 bits per heavy atom. The molecule has 0 atom stereocenters. The van der Waals surface area contributed by atoms with E-state index in [-0.39, 0.29) is 12.4 Å². The summed E-state index contributed by atoms with van der Waals surface area (Å²) in [5.41, 5.74) is 0. The van der Waals surface area contributed by atoms with Crippen molar-refractivity contribution in [1.82, 2.24) is 0 Å². The number of allylic oxidation sites excluding steroid dienone is 1. The molecule has 0 aromatic heterocycles. The fourth-order valence-corrected chi connectivity index (χ4v) is 2.11. The maximum Gasteiger partial charge on any atom is 0.317 e. The zero-order valence-electron chi connectivity index (χ0n) is 11.2. The third kappa shape index (κ3) is 8.04. The highest BCUT2D eigenvalue weighted by Gasteiger charge is 2.08. The van der Waals surface area contributed by atoms with E-state index in [9.17, 15) is 9.59 Å². The highest BCUT2D eigenvalue weighted by Crippen LogP contribution is 2.11. The van der Waals surface area contributed by atoms with Crippen LogP contribution in [0.25, 0.3) is 0 Å². The molecule has 0 aromatic rings. The Kier molecular flexibility index (Phi) is 8.19. The first-order valence-electron chi connectivity index (χ1n) is 7.17. The van der Waals surface area contributed by atoms with Crippen LogP contribution in [-0.4, -0.2) is 11.9 Å². The molecule has 0 radical (unpaired) electrons. The lowest BCUT2D eigenvalue weighted by atomic mass is 10.1. The lowest BCUT2D eigenvalue weighted by Gasteiger charge is -2.03. The molecule has 0 unspecified atom stereocenters. The van der Waals surface area contributed by atoms with Gasteiger partial charge in [0.15, 0.2) is 0 Å². The van der Waals surface area contributed by atoms with Gasteiger partial charge >= 0.3 is 11.9 Å². The minimum absolute atomic E-state index is 0.214. The van der Waals surface area contributed by atoms with Gasteiger partial charge in [0.1, 0.15) is 0 Å². The van der Waals surface area contributed by atoms with Crippen molar-refractivity contribution in [2.75, 3.05) is 0 Å². The second-order valence-corrected chi connectivity index (χ2v) is 4.89. The van der Waals surface area contributed by atoms with E-state index < -0.39 is 5.97 Å². The average molecular weight is 252 g/mol. The van der Waals surface area contributed by atoms with E-state index in [1.165, 1.54) is 38.5 Å². The second kappa shape index (κ2) is 9.86. The summed E-state index contributed by atoms with van der Waals surface area (Å²) in [4.78, 5) is 22.6. The Bertz CT molecular complexity index is 281. The van der Waals surface area contributed by atoms with Gasteiger partial charge < -0.3 is 4.74 Å². The molecule has 3 heteroatoms. The van der Waals surface area contributed by atoms with Crippen molar-refractivity contribution in [3.8, 4) is 0 Å². The summed E-state index contributed by atoms with van der Waals surface area (Å²) in [7, 11) is 0. The maximum absolute atomic E-state index is 11.3. The van der Waals surface area contributed by atoms with Crippen LogP contribution in [0.3, 0.4) is 0 Å². The van der Waals surface area contributed by atoms with Crippen LogP contribution in [0.15, 0.2) is 12.2 Å². The van der Waals surface area contributed by atoms with Crippen molar-refractivity contribution >= 4 is 11.9 Å². The van der Waals surface area contributed by atoms with Crippen molar-refractivity contribution in [3.63, 3.8) is 0 Å². The van der Waals surface area contributed by atoms with Crippen LogP contribution >= 0.6 is 0 Å². The van der Waals surface area contributed by atoms with E-state index in [0.717, 1.165) is 19.3 Å². The molecule has 0 N–H and O–H groups in total. The van der Waals surface area contributed by atoms with Crippen molar-refractivity contribution < 1.29 is 14.3 Å². The average Bonchev–Trinajstić information content (AvgIpc) is 2.33. The molecule has 1 aliphatic heterocycles. The summed E-state index contributed by atoms with van der Waals surface area (Å²) in [5.74, 6) is -0.802. The van der Waals surface area contributed by atoms with Crippen molar-refractivity contribution in [2.24, 2.45) is 0 Å². The Morgan fingerprint density at radius 3 is 2.06 bits per heavy atom. The molecule has 3 nitrogen and oxygen atoms in total. The minimum atomic E-state index is -0.427. The topological polar surface area (TPSA) is 43.4 Å². The summed E-state index contributed by atoms with van der Waals surface area (Å²) in [6.45, 7) is 0. The maximum atomic E-state index is 11.3. The van der Waals surface area contributed by atoms with Crippen LogP contribution < -0.4 is 0 Å². The van der Waals surface area contributed by atoms with Crippen LogP contribution in [0.2, 0.25) is 0 Å². The lowest BCUT2D eigenvalue weighted by Crippen LogP contribution is -2.11. The first-order valence-corrected chi connectivity index (χ1v) is 7.17. The van der Waals surface area contributed by atoms with Gasteiger partial charge in [-0.1, -0.05) is 50.7 Å². The Morgan fingerprint density at radius 2 is 1.33 bits per heavy atom. The summed E-state index contributed by atoms with van der Waals surface area (Å²) >= 11 is 0. The van der Waals surface area contributed by atoms with E-state index in [2.05, 4.69) is 0 Å². The van der Waals surface area contributed by atoms with E-state index in [0.29, 0.717) is 6.42 Å². The molecular weight excluding hydrogens is 228 g/mol. The van der Waals surface area contributed by atoms with Crippen LogP contribution in [0.5, 0.6) is 0 Å². The molecule has 1 heterocycles. The molecule has 0 aliphatic carbocycles. The number of rotatable bonds is 0. The van der Waals surface area contributed by atoms with Gasteiger partial charge in [0.25, 0.3) is 0 Å². The molecular formula is C15H24O3. The van der Waals surface area contributed by atoms with Gasteiger partial charge in [-0.05, 0) is 19.3 Å². The van der Waals surface area contributed by atoms with E-state index >= 15 is 0 Å². The van der Waals surface area contributed by atoms with Gasteiger partial charge in [-0.25, -0.2) is 0 Å². The molecule has 0 bridgehead atoms. The van der Waals surface area contributed by atoms with Crippen molar-refractivity contribution in [2.45, 2.75) is 70.6 Å². The van der Waals surface area contributed by atoms with Crippen LogP contribution in [-0.2, 0) is 14.3 Å². The fourth-order valence-electron chi connectivity index (χ4n) is 2.11. The molecule has 0 aromatic carbocycles. The third-order valence-corrected chi connectivity index (χ3v) is 3.18. The molecule has 18 heavy (non-hydrogen) atoms. The van der Waals surface area contributed by atoms with Gasteiger partial charge in [-0.3, -0.25) is 9.59 Å². The Hall–Kier alpha value is -1.12. The number of ether oxygens (including phenoxy) is 1. The summed E-state index contributed by atoms with van der Waals surface area (Å²) in [5, 5.41) is 0. The lowest BCUT2D eigenvalue weighted by molar-refractivity contribution is -0.159. The summed E-state index contributed by atoms with van der Waals surface area (Å²) in [6.07, 6.45) is 14.8. The molecule has 0 saturated heterocycles. The number of hydrogen-bond donors (Lipinski definition) is 0. The van der Waals surface area contributed by atoms with Crippen molar-refractivity contribution in [1.29, 1.82) is 0 Å². The van der Waals surface area contributed by atoms with E-state index in [1.807, 2.05) is 12.2 Å². The third-order valence-electron chi connectivity index (χ3n) is 3.18. The smallest absolute Gasteiger partial charge is 0.317 e. The summed E-state index contributed by atoms with van der Waals surface area (Å²) in [6, 6.07) is 0. The first-order chi connectivity index (χ1) is 8.79. The number of carbonyl (C=O) groups is 2. The zero-order valence-corrected chi connectivity index (χ0v) is 11.2. The predicted octanol–water partition coefficient (Wildman–Crippen LogP) is 3.92.